The second kappa shape index (κ2) is 5.89. The van der Waals surface area contributed by atoms with Crippen molar-refractivity contribution < 1.29 is 18.3 Å². The van der Waals surface area contributed by atoms with Crippen molar-refractivity contribution in [2.75, 3.05) is 0 Å². The number of hydrogen-bond acceptors (Lipinski definition) is 1. The van der Waals surface area contributed by atoms with Crippen LogP contribution < -0.4 is 0 Å². The molecule has 0 aliphatic heterocycles. The third-order valence-electron chi connectivity index (χ3n) is 1.71. The largest absolute Gasteiger partial charge is 0.390 e. The van der Waals surface area contributed by atoms with Crippen molar-refractivity contribution in [3.05, 3.63) is 35.1 Å². The topological polar surface area (TPSA) is 20.2 Å². The second-order valence-electron chi connectivity index (χ2n) is 3.85. The minimum absolute atomic E-state index is 0.0311. The summed E-state index contributed by atoms with van der Waals surface area (Å²) in [4.78, 5) is 0. The van der Waals surface area contributed by atoms with Crippen LogP contribution in [0.1, 0.15) is 33.3 Å². The van der Waals surface area contributed by atoms with Gasteiger partial charge in [-0.1, -0.05) is 13.8 Å². The normalized spacial score (nSPS) is 10.8. The second-order valence-corrected chi connectivity index (χ2v) is 3.85. The monoisotopic (exact) mass is 234 g/mol. The Morgan fingerprint density at radius 1 is 1.00 bits per heavy atom. The number of aliphatic hydroxyl groups is 1. The van der Waals surface area contributed by atoms with E-state index in [2.05, 4.69) is 0 Å². The van der Waals surface area contributed by atoms with Crippen LogP contribution in [0, 0.1) is 17.5 Å². The molecule has 0 bridgehead atoms. The molecule has 1 aromatic rings. The molecule has 0 aromatic heterocycles. The lowest BCUT2D eigenvalue weighted by molar-refractivity contribution is 0.0799. The van der Waals surface area contributed by atoms with Crippen molar-refractivity contribution in [3.63, 3.8) is 0 Å². The van der Waals surface area contributed by atoms with Gasteiger partial charge in [0.15, 0.2) is 11.6 Å². The molecule has 4 heteroatoms. The number of rotatable bonds is 2. The maximum atomic E-state index is 13.0. The molecule has 0 radical (unpaired) electrons. The van der Waals surface area contributed by atoms with E-state index in [9.17, 15) is 18.3 Å². The fraction of sp³-hybridized carbons (Fsp3) is 0.500. The fourth-order valence-electron chi connectivity index (χ4n) is 1.17. The third kappa shape index (κ3) is 4.66. The average molecular weight is 234 g/mol. The summed E-state index contributed by atoms with van der Waals surface area (Å²) >= 11 is 0. The van der Waals surface area contributed by atoms with Crippen LogP contribution >= 0.6 is 0 Å². The lowest BCUT2D eigenvalue weighted by atomic mass is 9.98. The number of benzene rings is 1. The van der Waals surface area contributed by atoms with Crippen LogP contribution in [-0.4, -0.2) is 10.7 Å². The number of hydrogen-bond donors (Lipinski definition) is 1. The van der Waals surface area contributed by atoms with Gasteiger partial charge in [0.1, 0.15) is 5.82 Å². The van der Waals surface area contributed by atoms with Gasteiger partial charge < -0.3 is 5.11 Å². The highest BCUT2D eigenvalue weighted by Crippen LogP contribution is 2.18. The van der Waals surface area contributed by atoms with E-state index >= 15 is 0 Å². The Balaban J connectivity index is 0.00000106. The highest BCUT2D eigenvalue weighted by molar-refractivity contribution is 5.21. The summed E-state index contributed by atoms with van der Waals surface area (Å²) in [5.41, 5.74) is -1.18. The first kappa shape index (κ1) is 15.0. The van der Waals surface area contributed by atoms with Gasteiger partial charge in [0.05, 0.1) is 5.60 Å². The summed E-state index contributed by atoms with van der Waals surface area (Å²) in [6.45, 7) is 6.93. The Kier molecular flexibility index (Phi) is 5.51. The molecule has 0 aliphatic carbocycles. The van der Waals surface area contributed by atoms with E-state index in [4.69, 9.17) is 0 Å². The van der Waals surface area contributed by atoms with Crippen molar-refractivity contribution in [2.24, 2.45) is 0 Å². The molecule has 0 amide bonds. The maximum absolute atomic E-state index is 13.0. The van der Waals surface area contributed by atoms with Gasteiger partial charge in [-0.15, -0.1) is 0 Å². The van der Waals surface area contributed by atoms with Gasteiger partial charge >= 0.3 is 0 Å². The molecule has 0 spiro atoms. The summed E-state index contributed by atoms with van der Waals surface area (Å²) in [7, 11) is 0. The van der Waals surface area contributed by atoms with Crippen molar-refractivity contribution >= 4 is 0 Å². The first-order valence-electron chi connectivity index (χ1n) is 5.15. The SMILES string of the molecule is CC.CC(C)(O)Cc1cc(F)c(F)cc1F. The Labute approximate surface area is 93.9 Å². The summed E-state index contributed by atoms with van der Waals surface area (Å²) in [6, 6.07) is 1.25. The molecular weight excluding hydrogens is 217 g/mol. The predicted molar refractivity (Wildman–Crippen MR) is 57.7 cm³/mol. The van der Waals surface area contributed by atoms with E-state index in [0.717, 1.165) is 6.07 Å². The molecule has 1 nitrogen and oxygen atoms in total. The zero-order valence-electron chi connectivity index (χ0n) is 9.94. The van der Waals surface area contributed by atoms with Gasteiger partial charge in [0.2, 0.25) is 0 Å². The van der Waals surface area contributed by atoms with E-state index in [1.807, 2.05) is 13.8 Å². The quantitative estimate of drug-likeness (QED) is 0.777. The minimum atomic E-state index is -1.22. The first-order valence-corrected chi connectivity index (χ1v) is 5.15. The summed E-state index contributed by atoms with van der Waals surface area (Å²) in [5.74, 6) is -3.17. The maximum Gasteiger partial charge on any atom is 0.161 e. The van der Waals surface area contributed by atoms with Gasteiger partial charge in [0.25, 0.3) is 0 Å². The van der Waals surface area contributed by atoms with Crippen LogP contribution in [0.2, 0.25) is 0 Å². The Bertz CT molecular complexity index is 343. The van der Waals surface area contributed by atoms with E-state index in [0.29, 0.717) is 6.07 Å². The predicted octanol–water partition coefficient (Wildman–Crippen LogP) is 3.44. The smallest absolute Gasteiger partial charge is 0.161 e. The van der Waals surface area contributed by atoms with Crippen LogP contribution in [0.15, 0.2) is 12.1 Å². The van der Waals surface area contributed by atoms with E-state index < -0.39 is 23.1 Å². The zero-order valence-corrected chi connectivity index (χ0v) is 9.94. The molecule has 92 valence electrons. The van der Waals surface area contributed by atoms with E-state index in [1.54, 1.807) is 0 Å². The molecule has 0 atom stereocenters. The lowest BCUT2D eigenvalue weighted by Crippen LogP contribution is -2.22. The first-order chi connectivity index (χ1) is 7.29. The zero-order chi connectivity index (χ0) is 12.9. The summed E-state index contributed by atoms with van der Waals surface area (Å²) in [6.07, 6.45) is -0.0595. The molecule has 1 N–H and O–H groups in total. The van der Waals surface area contributed by atoms with E-state index in [-0.39, 0.29) is 12.0 Å². The summed E-state index contributed by atoms with van der Waals surface area (Å²) < 4.78 is 38.3. The van der Waals surface area contributed by atoms with Gasteiger partial charge in [-0.05, 0) is 25.5 Å². The molecule has 1 rings (SSSR count). The van der Waals surface area contributed by atoms with Gasteiger partial charge in [-0.2, -0.15) is 0 Å². The molecule has 0 fully saturated rings. The van der Waals surface area contributed by atoms with Crippen LogP contribution in [0.4, 0.5) is 13.2 Å². The fourth-order valence-corrected chi connectivity index (χ4v) is 1.17. The standard InChI is InChI=1S/C10H11F3O.C2H6/c1-10(2,14)5-6-3-8(12)9(13)4-7(6)11;1-2/h3-4,14H,5H2,1-2H3;1-2H3. The molecular formula is C12H17F3O. The Morgan fingerprint density at radius 3 is 1.88 bits per heavy atom. The van der Waals surface area contributed by atoms with Crippen molar-refractivity contribution in [2.45, 2.75) is 39.7 Å². The Morgan fingerprint density at radius 2 is 1.44 bits per heavy atom. The van der Waals surface area contributed by atoms with E-state index in [1.165, 1.54) is 13.8 Å². The summed E-state index contributed by atoms with van der Waals surface area (Å²) in [5, 5.41) is 9.37. The average Bonchev–Trinajstić information content (AvgIpc) is 2.15. The third-order valence-corrected chi connectivity index (χ3v) is 1.71. The van der Waals surface area contributed by atoms with Crippen LogP contribution in [0.3, 0.4) is 0 Å². The van der Waals surface area contributed by atoms with Crippen molar-refractivity contribution in [1.82, 2.24) is 0 Å². The molecule has 0 saturated carbocycles. The highest BCUT2D eigenvalue weighted by atomic mass is 19.2. The molecule has 0 aliphatic rings. The van der Waals surface area contributed by atoms with Gasteiger partial charge in [-0.3, -0.25) is 0 Å². The van der Waals surface area contributed by atoms with Crippen molar-refractivity contribution in [1.29, 1.82) is 0 Å². The number of halogens is 3. The molecule has 0 saturated heterocycles. The minimum Gasteiger partial charge on any atom is -0.390 e. The lowest BCUT2D eigenvalue weighted by Gasteiger charge is -2.17. The molecule has 16 heavy (non-hydrogen) atoms. The Hall–Kier alpha value is -1.03. The van der Waals surface area contributed by atoms with Crippen LogP contribution in [0.5, 0.6) is 0 Å². The molecule has 1 aromatic carbocycles. The van der Waals surface area contributed by atoms with Gasteiger partial charge in [0, 0.05) is 12.5 Å². The van der Waals surface area contributed by atoms with Crippen molar-refractivity contribution in [3.8, 4) is 0 Å². The molecule has 0 unspecified atom stereocenters. The van der Waals surface area contributed by atoms with Crippen LogP contribution in [0.25, 0.3) is 0 Å². The van der Waals surface area contributed by atoms with Crippen LogP contribution in [-0.2, 0) is 6.42 Å². The molecule has 0 heterocycles. The van der Waals surface area contributed by atoms with Gasteiger partial charge in [-0.25, -0.2) is 13.2 Å². The highest BCUT2D eigenvalue weighted by Gasteiger charge is 2.18.